The number of nitriles is 1. The Bertz CT molecular complexity index is 1330. The van der Waals surface area contributed by atoms with Gasteiger partial charge in [0.05, 0.1) is 22.6 Å². The van der Waals surface area contributed by atoms with Crippen LogP contribution in [0.2, 0.25) is 0 Å². The van der Waals surface area contributed by atoms with Crippen LogP contribution in [0, 0.1) is 38.5 Å². The SMILES string of the molecule is COc1ccc([N+](=O)[O-])cc1NC(=O)/C(C#N)=C/c1ccc(-c2ccc([N+](=O)[O-])cc2C)o1. The molecule has 1 heterocycles. The lowest BCUT2D eigenvalue weighted by Gasteiger charge is -2.09. The zero-order chi connectivity index (χ0) is 24.1. The molecule has 1 N–H and O–H groups in total. The molecule has 0 spiro atoms. The van der Waals surface area contributed by atoms with Gasteiger partial charge in [-0.15, -0.1) is 0 Å². The Morgan fingerprint density at radius 2 is 1.76 bits per heavy atom. The number of rotatable bonds is 7. The van der Waals surface area contributed by atoms with E-state index in [1.165, 1.54) is 43.5 Å². The first kappa shape index (κ1) is 22.7. The van der Waals surface area contributed by atoms with Gasteiger partial charge in [-0.25, -0.2) is 0 Å². The number of nitrogens with one attached hydrogen (secondary N) is 1. The number of carbonyl (C=O) groups is 1. The Hall–Kier alpha value is -4.98. The van der Waals surface area contributed by atoms with Crippen molar-refractivity contribution in [3.8, 4) is 23.1 Å². The maximum Gasteiger partial charge on any atom is 0.271 e. The van der Waals surface area contributed by atoms with Crippen LogP contribution in [0.25, 0.3) is 17.4 Å². The summed E-state index contributed by atoms with van der Waals surface area (Å²) in [4.78, 5) is 33.4. The molecule has 0 unspecified atom stereocenters. The summed E-state index contributed by atoms with van der Waals surface area (Å²) in [6, 6.07) is 12.9. The van der Waals surface area contributed by atoms with Crippen LogP contribution in [0.5, 0.6) is 5.75 Å². The normalized spacial score (nSPS) is 10.9. The molecule has 0 saturated heterocycles. The third kappa shape index (κ3) is 5.02. The van der Waals surface area contributed by atoms with Gasteiger partial charge < -0.3 is 14.5 Å². The van der Waals surface area contributed by atoms with Gasteiger partial charge in [0.2, 0.25) is 0 Å². The number of aryl methyl sites for hydroxylation is 1. The fourth-order valence-electron chi connectivity index (χ4n) is 3.00. The molecule has 0 aliphatic rings. The van der Waals surface area contributed by atoms with E-state index >= 15 is 0 Å². The molecule has 11 nitrogen and oxygen atoms in total. The van der Waals surface area contributed by atoms with Crippen molar-refractivity contribution in [2.45, 2.75) is 6.92 Å². The predicted octanol–water partition coefficient (Wildman–Crippen LogP) is 4.63. The van der Waals surface area contributed by atoms with Crippen LogP contribution in [0.4, 0.5) is 17.1 Å². The molecule has 0 aliphatic carbocycles. The van der Waals surface area contributed by atoms with Crippen molar-refractivity contribution in [1.29, 1.82) is 5.26 Å². The van der Waals surface area contributed by atoms with Crippen LogP contribution in [-0.4, -0.2) is 22.9 Å². The molecule has 166 valence electrons. The number of ether oxygens (including phenoxy) is 1. The van der Waals surface area contributed by atoms with E-state index in [4.69, 9.17) is 9.15 Å². The largest absolute Gasteiger partial charge is 0.495 e. The van der Waals surface area contributed by atoms with Gasteiger partial charge in [0.25, 0.3) is 17.3 Å². The van der Waals surface area contributed by atoms with E-state index < -0.39 is 15.8 Å². The lowest BCUT2D eigenvalue weighted by atomic mass is 10.1. The number of carbonyl (C=O) groups excluding carboxylic acids is 1. The average Bonchev–Trinajstić information content (AvgIpc) is 3.25. The second kappa shape index (κ2) is 9.44. The molecule has 1 aromatic heterocycles. The number of hydrogen-bond acceptors (Lipinski definition) is 8. The van der Waals surface area contributed by atoms with Gasteiger partial charge in [-0.1, -0.05) is 0 Å². The van der Waals surface area contributed by atoms with Gasteiger partial charge in [-0.05, 0) is 36.8 Å². The summed E-state index contributed by atoms with van der Waals surface area (Å²) in [6.45, 7) is 1.70. The number of anilines is 1. The summed E-state index contributed by atoms with van der Waals surface area (Å²) in [6.07, 6.45) is 1.21. The topological polar surface area (TPSA) is 162 Å². The van der Waals surface area contributed by atoms with E-state index in [9.17, 15) is 30.3 Å². The molecule has 2 aromatic carbocycles. The van der Waals surface area contributed by atoms with Gasteiger partial charge in [0.1, 0.15) is 28.9 Å². The minimum absolute atomic E-state index is 0.0273. The van der Waals surface area contributed by atoms with Gasteiger partial charge in [0, 0.05) is 35.9 Å². The molecule has 3 rings (SSSR count). The molecule has 0 radical (unpaired) electrons. The van der Waals surface area contributed by atoms with Crippen molar-refractivity contribution in [2.75, 3.05) is 12.4 Å². The van der Waals surface area contributed by atoms with Crippen LogP contribution < -0.4 is 10.1 Å². The first-order valence-electron chi connectivity index (χ1n) is 9.34. The number of benzene rings is 2. The quantitative estimate of drug-likeness (QED) is 0.237. The van der Waals surface area contributed by atoms with Gasteiger partial charge >= 0.3 is 0 Å². The molecular formula is C22H16N4O7. The number of nitro groups is 2. The summed E-state index contributed by atoms with van der Waals surface area (Å²) in [5, 5.41) is 33.8. The van der Waals surface area contributed by atoms with E-state index in [2.05, 4.69) is 5.32 Å². The molecule has 0 saturated carbocycles. The standard InChI is InChI=1S/C22H16N4O7/c1-13-9-15(25(28)29)3-6-18(13)20-8-5-17(33-20)10-14(12-23)22(27)24-19-11-16(26(30)31)4-7-21(19)32-2/h3-11H,1-2H3,(H,24,27)/b14-10+. The highest BCUT2D eigenvalue weighted by molar-refractivity contribution is 6.10. The molecule has 3 aromatic rings. The van der Waals surface area contributed by atoms with Crippen LogP contribution in [0.15, 0.2) is 58.5 Å². The number of furan rings is 1. The van der Waals surface area contributed by atoms with E-state index in [0.717, 1.165) is 6.07 Å². The lowest BCUT2D eigenvalue weighted by molar-refractivity contribution is -0.385. The van der Waals surface area contributed by atoms with E-state index in [-0.39, 0.29) is 34.1 Å². The molecule has 0 aliphatic heterocycles. The number of hydrogen-bond donors (Lipinski definition) is 1. The minimum Gasteiger partial charge on any atom is -0.495 e. The molecule has 33 heavy (non-hydrogen) atoms. The molecular weight excluding hydrogens is 432 g/mol. The fourth-order valence-corrected chi connectivity index (χ4v) is 3.00. The van der Waals surface area contributed by atoms with E-state index in [0.29, 0.717) is 16.9 Å². The Morgan fingerprint density at radius 3 is 2.36 bits per heavy atom. The van der Waals surface area contributed by atoms with Crippen LogP contribution in [-0.2, 0) is 4.79 Å². The molecule has 0 bridgehead atoms. The summed E-state index contributed by atoms with van der Waals surface area (Å²) >= 11 is 0. The second-order valence-corrected chi connectivity index (χ2v) is 6.72. The van der Waals surface area contributed by atoms with Gasteiger partial charge in [-0.2, -0.15) is 5.26 Å². The van der Waals surface area contributed by atoms with Crippen molar-refractivity contribution in [3.05, 3.63) is 85.7 Å². The maximum atomic E-state index is 12.6. The Morgan fingerprint density at radius 1 is 1.09 bits per heavy atom. The van der Waals surface area contributed by atoms with Crippen LogP contribution in [0.3, 0.4) is 0 Å². The third-order valence-corrected chi connectivity index (χ3v) is 4.61. The van der Waals surface area contributed by atoms with E-state index in [1.54, 1.807) is 25.1 Å². The summed E-state index contributed by atoms with van der Waals surface area (Å²) in [7, 11) is 1.34. The number of non-ortho nitro benzene ring substituents is 2. The number of nitrogens with zero attached hydrogens (tertiary/aromatic N) is 3. The van der Waals surface area contributed by atoms with Crippen LogP contribution >= 0.6 is 0 Å². The Balaban J connectivity index is 1.87. The van der Waals surface area contributed by atoms with Crippen LogP contribution in [0.1, 0.15) is 11.3 Å². The van der Waals surface area contributed by atoms with E-state index in [1.807, 2.05) is 0 Å². The highest BCUT2D eigenvalue weighted by Gasteiger charge is 2.17. The zero-order valence-corrected chi connectivity index (χ0v) is 17.4. The monoisotopic (exact) mass is 448 g/mol. The zero-order valence-electron chi connectivity index (χ0n) is 17.4. The highest BCUT2D eigenvalue weighted by atomic mass is 16.6. The summed E-state index contributed by atoms with van der Waals surface area (Å²) in [5.41, 5.74) is 0.629. The molecule has 0 atom stereocenters. The van der Waals surface area contributed by atoms with Crippen molar-refractivity contribution in [3.63, 3.8) is 0 Å². The lowest BCUT2D eigenvalue weighted by Crippen LogP contribution is -2.14. The Labute approximate surface area is 186 Å². The van der Waals surface area contributed by atoms with Crippen molar-refractivity contribution >= 4 is 29.0 Å². The van der Waals surface area contributed by atoms with Crippen molar-refractivity contribution in [2.24, 2.45) is 0 Å². The van der Waals surface area contributed by atoms with Crippen molar-refractivity contribution in [1.82, 2.24) is 0 Å². The summed E-state index contributed by atoms with van der Waals surface area (Å²) < 4.78 is 10.8. The highest BCUT2D eigenvalue weighted by Crippen LogP contribution is 2.31. The van der Waals surface area contributed by atoms with Crippen molar-refractivity contribution < 1.29 is 23.8 Å². The first-order chi connectivity index (χ1) is 15.7. The molecule has 0 fully saturated rings. The summed E-state index contributed by atoms with van der Waals surface area (Å²) in [5.74, 6) is -0.0481. The average molecular weight is 448 g/mol. The smallest absolute Gasteiger partial charge is 0.271 e. The minimum atomic E-state index is -0.819. The van der Waals surface area contributed by atoms with Gasteiger partial charge in [-0.3, -0.25) is 25.0 Å². The third-order valence-electron chi connectivity index (χ3n) is 4.61. The predicted molar refractivity (Wildman–Crippen MR) is 117 cm³/mol. The second-order valence-electron chi connectivity index (χ2n) is 6.72. The number of methoxy groups -OCH3 is 1. The maximum absolute atomic E-state index is 12.6. The molecule has 11 heteroatoms. The number of nitro benzene ring substituents is 2. The van der Waals surface area contributed by atoms with Gasteiger partial charge in [0.15, 0.2) is 0 Å². The molecule has 1 amide bonds. The fraction of sp³-hybridized carbons (Fsp3) is 0.0909. The number of amides is 1. The Kier molecular flexibility index (Phi) is 6.49. The first-order valence-corrected chi connectivity index (χ1v) is 9.34.